The van der Waals surface area contributed by atoms with Crippen LogP contribution in [-0.2, 0) is 24.3 Å². The van der Waals surface area contributed by atoms with Crippen molar-refractivity contribution in [2.45, 2.75) is 18.2 Å². The van der Waals surface area contributed by atoms with Gasteiger partial charge in [-0.3, -0.25) is 14.3 Å². The van der Waals surface area contributed by atoms with Crippen molar-refractivity contribution >= 4 is 67.3 Å². The van der Waals surface area contributed by atoms with Gasteiger partial charge in [0.15, 0.2) is 5.13 Å². The molecule has 36 heavy (non-hydrogen) atoms. The molecule has 2 amide bonds. The number of nitrogens with zero attached hydrogens (tertiary/aromatic N) is 2. The van der Waals surface area contributed by atoms with Gasteiger partial charge in [-0.2, -0.15) is 0 Å². The van der Waals surface area contributed by atoms with Crippen molar-refractivity contribution in [3.8, 4) is 0 Å². The first-order valence-electron chi connectivity index (χ1n) is 10.6. The van der Waals surface area contributed by atoms with Crippen LogP contribution in [0.25, 0.3) is 0 Å². The first kappa shape index (κ1) is 25.4. The summed E-state index contributed by atoms with van der Waals surface area (Å²) in [7, 11) is -3.85. The van der Waals surface area contributed by atoms with E-state index < -0.39 is 27.8 Å². The minimum Gasteiger partial charge on any atom is -0.462 e. The number of carbonyl (C=O) groups excluding carboxylic acids is 3. The molecule has 2 aromatic carbocycles. The smallest absolute Gasteiger partial charge is 0.338 e. The number of aromatic nitrogens is 1. The van der Waals surface area contributed by atoms with Crippen LogP contribution in [0.15, 0.2) is 75.7 Å². The summed E-state index contributed by atoms with van der Waals surface area (Å²) in [5.74, 6) is -1.95. The normalized spacial score (nSPS) is 13.8. The number of benzene rings is 2. The van der Waals surface area contributed by atoms with Gasteiger partial charge in [0.1, 0.15) is 10.7 Å². The number of imide groups is 1. The highest BCUT2D eigenvalue weighted by molar-refractivity contribution is 7.93. The van der Waals surface area contributed by atoms with E-state index in [0.29, 0.717) is 12.1 Å². The van der Waals surface area contributed by atoms with E-state index in [1.54, 1.807) is 5.38 Å². The molecule has 4 rings (SSSR count). The van der Waals surface area contributed by atoms with Gasteiger partial charge in [0.2, 0.25) is 0 Å². The Balaban J connectivity index is 1.47. The lowest BCUT2D eigenvalue weighted by Crippen LogP contribution is -2.32. The third-order valence-electron chi connectivity index (χ3n) is 4.91. The van der Waals surface area contributed by atoms with Crippen LogP contribution in [-0.4, -0.2) is 37.8 Å². The first-order chi connectivity index (χ1) is 17.2. The first-order valence-corrected chi connectivity index (χ1v) is 13.3. The van der Waals surface area contributed by atoms with Crippen LogP contribution in [0.3, 0.4) is 0 Å². The van der Waals surface area contributed by atoms with E-state index in [4.69, 9.17) is 16.3 Å². The summed E-state index contributed by atoms with van der Waals surface area (Å²) in [4.78, 5) is 42.4. The molecule has 13 heteroatoms. The molecule has 2 heterocycles. The summed E-state index contributed by atoms with van der Waals surface area (Å²) in [6.07, 6.45) is 2.16. The second kappa shape index (κ2) is 10.5. The molecule has 10 nitrogen and oxygen atoms in total. The molecule has 1 aliphatic heterocycles. The zero-order valence-electron chi connectivity index (χ0n) is 18.7. The Bertz CT molecular complexity index is 1440. The van der Waals surface area contributed by atoms with Crippen molar-refractivity contribution in [1.82, 2.24) is 4.98 Å². The standard InChI is InChI=1S/C23H19ClN4O6S2/c1-2-12-34-22(31)14-3-7-16(8-4-14)28-20(29)18(24)19(21(28)30)26-15-5-9-17(10-6-15)36(32,33)27-23-25-11-13-35-23/h3-11,13,26H,2,12H2,1H3,(H,25,27). The fourth-order valence-electron chi connectivity index (χ4n) is 3.18. The average molecular weight is 547 g/mol. The molecule has 1 aliphatic rings. The number of rotatable bonds is 9. The molecule has 0 bridgehead atoms. The third kappa shape index (κ3) is 5.25. The minimum absolute atomic E-state index is 0.0173. The van der Waals surface area contributed by atoms with Gasteiger partial charge < -0.3 is 10.1 Å². The largest absolute Gasteiger partial charge is 0.462 e. The summed E-state index contributed by atoms with van der Waals surface area (Å²) in [5, 5.41) is 4.33. The van der Waals surface area contributed by atoms with Crippen LogP contribution in [0.5, 0.6) is 0 Å². The van der Waals surface area contributed by atoms with E-state index >= 15 is 0 Å². The van der Waals surface area contributed by atoms with E-state index in [1.807, 2.05) is 6.92 Å². The molecule has 3 aromatic rings. The highest BCUT2D eigenvalue weighted by Crippen LogP contribution is 2.30. The van der Waals surface area contributed by atoms with Gasteiger partial charge >= 0.3 is 5.97 Å². The maximum atomic E-state index is 13.0. The number of esters is 1. The fourth-order valence-corrected chi connectivity index (χ4v) is 5.18. The van der Waals surface area contributed by atoms with Crippen molar-refractivity contribution in [3.63, 3.8) is 0 Å². The molecule has 0 radical (unpaired) electrons. The average Bonchev–Trinajstić information content (AvgIpc) is 3.45. The number of ether oxygens (including phenoxy) is 1. The van der Waals surface area contributed by atoms with Crippen LogP contribution >= 0.6 is 22.9 Å². The van der Waals surface area contributed by atoms with Gasteiger partial charge in [0, 0.05) is 17.3 Å². The molecule has 0 atom stereocenters. The summed E-state index contributed by atoms with van der Waals surface area (Å²) in [6.45, 7) is 2.16. The highest BCUT2D eigenvalue weighted by Gasteiger charge is 2.39. The SMILES string of the molecule is CCCOC(=O)c1ccc(N2C(=O)C(Cl)=C(Nc3ccc(S(=O)(=O)Nc4nccs4)cc3)C2=O)cc1. The van der Waals surface area contributed by atoms with Crippen LogP contribution in [0, 0.1) is 0 Å². The van der Waals surface area contributed by atoms with Crippen molar-refractivity contribution < 1.29 is 27.5 Å². The molecule has 0 saturated heterocycles. The van der Waals surface area contributed by atoms with Crippen LogP contribution in [0.1, 0.15) is 23.7 Å². The van der Waals surface area contributed by atoms with Crippen molar-refractivity contribution in [2.75, 3.05) is 21.5 Å². The third-order valence-corrected chi connectivity index (χ3v) is 7.44. The Kier molecular flexibility index (Phi) is 7.38. The Morgan fingerprint density at radius 1 is 1.08 bits per heavy atom. The quantitative estimate of drug-likeness (QED) is 0.304. The van der Waals surface area contributed by atoms with Gasteiger partial charge in [-0.25, -0.2) is 23.1 Å². The second-order valence-corrected chi connectivity index (χ2v) is 10.4. The highest BCUT2D eigenvalue weighted by atomic mass is 35.5. The molecule has 186 valence electrons. The zero-order valence-corrected chi connectivity index (χ0v) is 21.1. The van der Waals surface area contributed by atoms with E-state index in [9.17, 15) is 22.8 Å². The Labute approximate surface area is 215 Å². The lowest BCUT2D eigenvalue weighted by Gasteiger charge is -2.15. The predicted molar refractivity (Wildman–Crippen MR) is 135 cm³/mol. The lowest BCUT2D eigenvalue weighted by molar-refractivity contribution is -0.120. The maximum Gasteiger partial charge on any atom is 0.338 e. The second-order valence-electron chi connectivity index (χ2n) is 7.41. The molecule has 0 saturated carbocycles. The van der Waals surface area contributed by atoms with Gasteiger partial charge in [0.25, 0.3) is 21.8 Å². The summed E-state index contributed by atoms with van der Waals surface area (Å²) >= 11 is 7.30. The molecular formula is C23H19ClN4O6S2. The van der Waals surface area contributed by atoms with Crippen molar-refractivity contribution in [3.05, 3.63) is 76.4 Å². The molecule has 2 N–H and O–H groups in total. The number of nitrogens with one attached hydrogen (secondary N) is 2. The number of sulfonamides is 1. The fraction of sp³-hybridized carbons (Fsp3) is 0.130. The zero-order chi connectivity index (χ0) is 25.9. The number of amides is 2. The number of hydrogen-bond donors (Lipinski definition) is 2. The number of hydrogen-bond acceptors (Lipinski definition) is 9. The van der Waals surface area contributed by atoms with E-state index in [1.165, 1.54) is 54.7 Å². The summed E-state index contributed by atoms with van der Waals surface area (Å²) in [6, 6.07) is 11.3. The molecule has 1 aromatic heterocycles. The number of halogens is 1. The molecule has 0 spiro atoms. The maximum absolute atomic E-state index is 13.0. The predicted octanol–water partition coefficient (Wildman–Crippen LogP) is 3.95. The van der Waals surface area contributed by atoms with Crippen LogP contribution < -0.4 is 14.9 Å². The summed E-state index contributed by atoms with van der Waals surface area (Å²) in [5.41, 5.74) is 0.683. The monoisotopic (exact) mass is 546 g/mol. The molecule has 0 aliphatic carbocycles. The van der Waals surface area contributed by atoms with Gasteiger partial charge in [-0.15, -0.1) is 11.3 Å². The minimum atomic E-state index is -3.85. The van der Waals surface area contributed by atoms with E-state index in [2.05, 4.69) is 15.0 Å². The number of carbonyl (C=O) groups is 3. The van der Waals surface area contributed by atoms with Gasteiger partial charge in [-0.1, -0.05) is 18.5 Å². The number of thiazole rings is 1. The molecular weight excluding hydrogens is 528 g/mol. The Morgan fingerprint density at radius 2 is 1.78 bits per heavy atom. The number of anilines is 3. The van der Waals surface area contributed by atoms with Gasteiger partial charge in [0.05, 0.1) is 22.8 Å². The Morgan fingerprint density at radius 3 is 2.39 bits per heavy atom. The van der Waals surface area contributed by atoms with Crippen LogP contribution in [0.4, 0.5) is 16.5 Å². The lowest BCUT2D eigenvalue weighted by atomic mass is 10.2. The topological polar surface area (TPSA) is 135 Å². The van der Waals surface area contributed by atoms with E-state index in [0.717, 1.165) is 16.2 Å². The van der Waals surface area contributed by atoms with Crippen LogP contribution in [0.2, 0.25) is 0 Å². The van der Waals surface area contributed by atoms with Crippen molar-refractivity contribution in [1.29, 1.82) is 0 Å². The Hall–Kier alpha value is -3.74. The van der Waals surface area contributed by atoms with Gasteiger partial charge in [-0.05, 0) is 55.0 Å². The molecule has 0 fully saturated rings. The van der Waals surface area contributed by atoms with E-state index in [-0.39, 0.29) is 38.6 Å². The van der Waals surface area contributed by atoms with Crippen molar-refractivity contribution in [2.24, 2.45) is 0 Å². The summed E-state index contributed by atoms with van der Waals surface area (Å²) < 4.78 is 32.4. The molecule has 0 unspecified atom stereocenters.